The van der Waals surface area contributed by atoms with E-state index in [1.807, 2.05) is 72.8 Å². The standard InChI is InChI=1S/C34H26N2O4/c35-34(39)27-15-8-16-28-32(27)33-29(18-26(24-12-5-2-6-13-24)19-30(33)40-21-31(37)38)36(28)20-22-9-7-14-25(17-22)23-10-3-1-4-11-23/h1-19H,20-21H2,(H2,35,39)(H,37,38). The molecule has 0 bridgehead atoms. The minimum absolute atomic E-state index is 0.354. The van der Waals surface area contributed by atoms with Gasteiger partial charge < -0.3 is 20.1 Å². The fourth-order valence-corrected chi connectivity index (χ4v) is 5.31. The Balaban J connectivity index is 1.62. The Morgan fingerprint density at radius 2 is 1.32 bits per heavy atom. The van der Waals surface area contributed by atoms with E-state index >= 15 is 0 Å². The maximum Gasteiger partial charge on any atom is 0.341 e. The number of carboxylic acids is 1. The number of carbonyl (C=O) groups is 2. The van der Waals surface area contributed by atoms with Gasteiger partial charge in [-0.3, -0.25) is 4.79 Å². The van der Waals surface area contributed by atoms with E-state index in [2.05, 4.69) is 41.0 Å². The van der Waals surface area contributed by atoms with Crippen molar-refractivity contribution >= 4 is 33.7 Å². The second-order valence-electron chi connectivity index (χ2n) is 9.63. The summed E-state index contributed by atoms with van der Waals surface area (Å²) in [4.78, 5) is 24.1. The monoisotopic (exact) mass is 526 g/mol. The van der Waals surface area contributed by atoms with Crippen LogP contribution in [-0.2, 0) is 11.3 Å². The number of carboxylic acid groups (broad SMARTS) is 1. The van der Waals surface area contributed by atoms with Gasteiger partial charge in [-0.15, -0.1) is 0 Å². The van der Waals surface area contributed by atoms with Crippen LogP contribution in [-0.4, -0.2) is 28.2 Å². The minimum atomic E-state index is -1.09. The van der Waals surface area contributed by atoms with E-state index < -0.39 is 18.5 Å². The van der Waals surface area contributed by atoms with Crippen molar-refractivity contribution in [3.05, 3.63) is 126 Å². The summed E-state index contributed by atoms with van der Waals surface area (Å²) in [6.45, 7) is -0.00260. The number of benzene rings is 5. The Hall–Kier alpha value is -5.36. The molecule has 0 saturated carbocycles. The average molecular weight is 527 g/mol. The molecule has 0 aliphatic rings. The van der Waals surface area contributed by atoms with Gasteiger partial charge in [0.15, 0.2) is 6.61 Å². The van der Waals surface area contributed by atoms with Crippen LogP contribution in [0.3, 0.4) is 0 Å². The maximum absolute atomic E-state index is 12.6. The lowest BCUT2D eigenvalue weighted by molar-refractivity contribution is -0.139. The number of aliphatic carboxylic acids is 1. The fourth-order valence-electron chi connectivity index (χ4n) is 5.31. The number of rotatable bonds is 8. The summed E-state index contributed by atoms with van der Waals surface area (Å²) in [5.41, 5.74) is 12.9. The van der Waals surface area contributed by atoms with Gasteiger partial charge in [0.1, 0.15) is 5.75 Å². The molecule has 6 nitrogen and oxygen atoms in total. The molecule has 3 N–H and O–H groups in total. The van der Waals surface area contributed by atoms with Gasteiger partial charge in [-0.25, -0.2) is 4.79 Å². The number of ether oxygens (including phenoxy) is 1. The summed E-state index contributed by atoms with van der Waals surface area (Å²) in [5.74, 6) is -1.27. The molecule has 40 heavy (non-hydrogen) atoms. The van der Waals surface area contributed by atoms with Gasteiger partial charge in [0.25, 0.3) is 0 Å². The smallest absolute Gasteiger partial charge is 0.341 e. The van der Waals surface area contributed by atoms with E-state index in [1.54, 1.807) is 6.07 Å². The number of nitrogens with two attached hydrogens (primary N) is 1. The predicted octanol–water partition coefficient (Wildman–Crippen LogP) is 6.74. The van der Waals surface area contributed by atoms with Crippen LogP contribution in [0.2, 0.25) is 0 Å². The van der Waals surface area contributed by atoms with Crippen molar-refractivity contribution in [3.63, 3.8) is 0 Å². The van der Waals surface area contributed by atoms with Crippen LogP contribution < -0.4 is 10.5 Å². The molecule has 196 valence electrons. The SMILES string of the molecule is NC(=O)c1cccc2c1c1c(OCC(=O)O)cc(-c3ccccc3)cc1n2Cc1cccc(-c2ccccc2)c1. The number of hydrogen-bond acceptors (Lipinski definition) is 3. The fraction of sp³-hybridized carbons (Fsp3) is 0.0588. The van der Waals surface area contributed by atoms with Crippen molar-refractivity contribution in [2.45, 2.75) is 6.54 Å². The Morgan fingerprint density at radius 3 is 2.00 bits per heavy atom. The molecule has 0 aliphatic heterocycles. The Kier molecular flexibility index (Phi) is 6.50. The quantitative estimate of drug-likeness (QED) is 0.230. The summed E-state index contributed by atoms with van der Waals surface area (Å²) in [6, 6.07) is 37.7. The topological polar surface area (TPSA) is 94.6 Å². The molecule has 6 aromatic rings. The molecule has 0 fully saturated rings. The van der Waals surface area contributed by atoms with Gasteiger partial charge >= 0.3 is 5.97 Å². The predicted molar refractivity (Wildman–Crippen MR) is 158 cm³/mol. The molecule has 6 rings (SSSR count). The number of hydrogen-bond donors (Lipinski definition) is 2. The lowest BCUT2D eigenvalue weighted by Crippen LogP contribution is -2.11. The van der Waals surface area contributed by atoms with Crippen molar-refractivity contribution < 1.29 is 19.4 Å². The number of primary amides is 1. The van der Waals surface area contributed by atoms with Crippen molar-refractivity contribution in [3.8, 4) is 28.0 Å². The zero-order valence-corrected chi connectivity index (χ0v) is 21.6. The van der Waals surface area contributed by atoms with E-state index in [4.69, 9.17) is 10.5 Å². The normalized spacial score (nSPS) is 11.1. The highest BCUT2D eigenvalue weighted by atomic mass is 16.5. The van der Waals surface area contributed by atoms with Crippen molar-refractivity contribution in [1.29, 1.82) is 0 Å². The third kappa shape index (κ3) is 4.67. The molecule has 0 saturated heterocycles. The number of aromatic nitrogens is 1. The molecule has 0 spiro atoms. The molecule has 0 aliphatic carbocycles. The second-order valence-corrected chi connectivity index (χ2v) is 9.63. The van der Waals surface area contributed by atoms with Gasteiger partial charge in [0, 0.05) is 17.5 Å². The number of amides is 1. The van der Waals surface area contributed by atoms with E-state index in [9.17, 15) is 14.7 Å². The van der Waals surface area contributed by atoms with Crippen molar-refractivity contribution in [1.82, 2.24) is 4.57 Å². The van der Waals surface area contributed by atoms with E-state index in [0.717, 1.165) is 38.9 Å². The van der Waals surface area contributed by atoms with Crippen LogP contribution in [0, 0.1) is 0 Å². The van der Waals surface area contributed by atoms with Gasteiger partial charge in [0.2, 0.25) is 5.91 Å². The van der Waals surface area contributed by atoms with Crippen LogP contribution in [0.5, 0.6) is 5.75 Å². The Bertz CT molecular complexity index is 1880. The first-order valence-electron chi connectivity index (χ1n) is 12.9. The first kappa shape index (κ1) is 24.9. The maximum atomic E-state index is 12.6. The third-order valence-electron chi connectivity index (χ3n) is 7.05. The highest BCUT2D eigenvalue weighted by Gasteiger charge is 2.22. The molecule has 1 amide bonds. The van der Waals surface area contributed by atoms with Crippen LogP contribution in [0.1, 0.15) is 15.9 Å². The van der Waals surface area contributed by atoms with E-state index in [-0.39, 0.29) is 0 Å². The average Bonchev–Trinajstić information content (AvgIpc) is 3.30. The summed E-state index contributed by atoms with van der Waals surface area (Å²) in [5, 5.41) is 10.7. The highest BCUT2D eigenvalue weighted by molar-refractivity contribution is 6.20. The lowest BCUT2D eigenvalue weighted by atomic mass is 10.0. The van der Waals surface area contributed by atoms with E-state index in [1.165, 1.54) is 0 Å². The molecule has 6 heteroatoms. The largest absolute Gasteiger partial charge is 0.481 e. The molecular formula is C34H26N2O4. The second kappa shape index (κ2) is 10.4. The van der Waals surface area contributed by atoms with Crippen molar-refractivity contribution in [2.75, 3.05) is 6.61 Å². The van der Waals surface area contributed by atoms with Crippen LogP contribution >= 0.6 is 0 Å². The molecule has 1 aromatic heterocycles. The van der Waals surface area contributed by atoms with Gasteiger partial charge in [-0.1, -0.05) is 84.9 Å². The third-order valence-corrected chi connectivity index (χ3v) is 7.05. The Morgan fingerprint density at radius 1 is 0.675 bits per heavy atom. The van der Waals surface area contributed by atoms with Crippen LogP contribution in [0.4, 0.5) is 0 Å². The van der Waals surface area contributed by atoms with Crippen molar-refractivity contribution in [2.24, 2.45) is 5.73 Å². The number of fused-ring (bicyclic) bond motifs is 3. The summed E-state index contributed by atoms with van der Waals surface area (Å²) in [6.07, 6.45) is 0. The number of carbonyl (C=O) groups excluding carboxylic acids is 1. The minimum Gasteiger partial charge on any atom is -0.481 e. The lowest BCUT2D eigenvalue weighted by Gasteiger charge is -2.13. The number of nitrogens with zero attached hydrogens (tertiary/aromatic N) is 1. The first-order chi connectivity index (χ1) is 19.5. The summed E-state index contributed by atoms with van der Waals surface area (Å²) < 4.78 is 8.00. The van der Waals surface area contributed by atoms with Gasteiger partial charge in [-0.05, 0) is 58.1 Å². The molecule has 0 atom stereocenters. The molecule has 1 heterocycles. The zero-order valence-electron chi connectivity index (χ0n) is 21.6. The van der Waals surface area contributed by atoms with Gasteiger partial charge in [-0.2, -0.15) is 0 Å². The first-order valence-corrected chi connectivity index (χ1v) is 12.9. The molecule has 5 aromatic carbocycles. The van der Waals surface area contributed by atoms with Gasteiger partial charge in [0.05, 0.1) is 16.4 Å². The molecule has 0 unspecified atom stereocenters. The molecule has 0 radical (unpaired) electrons. The Labute approximate surface area is 230 Å². The van der Waals surface area contributed by atoms with Crippen LogP contribution in [0.15, 0.2) is 115 Å². The summed E-state index contributed by atoms with van der Waals surface area (Å²) >= 11 is 0. The highest BCUT2D eigenvalue weighted by Crippen LogP contribution is 2.41. The summed E-state index contributed by atoms with van der Waals surface area (Å²) in [7, 11) is 0. The molecular weight excluding hydrogens is 500 g/mol. The van der Waals surface area contributed by atoms with Crippen LogP contribution in [0.25, 0.3) is 44.1 Å². The van der Waals surface area contributed by atoms with E-state index in [0.29, 0.717) is 28.6 Å². The zero-order chi connectivity index (χ0) is 27.6.